The molecule has 1 aliphatic rings. The monoisotopic (exact) mass is 427 g/mol. The van der Waals surface area contributed by atoms with Gasteiger partial charge in [-0.3, -0.25) is 4.68 Å². The molecule has 0 unspecified atom stereocenters. The molecule has 4 aromatic rings. The largest absolute Gasteiger partial charge is 0.489 e. The number of nitrogens with zero attached hydrogens (tertiary/aromatic N) is 4. The van der Waals surface area contributed by atoms with Crippen LogP contribution >= 0.6 is 0 Å². The number of aromatic nitrogens is 4. The van der Waals surface area contributed by atoms with Crippen LogP contribution in [0.25, 0.3) is 11.3 Å². The third kappa shape index (κ3) is 3.78. The Labute approximate surface area is 184 Å². The van der Waals surface area contributed by atoms with Crippen LogP contribution in [0.1, 0.15) is 32.7 Å². The van der Waals surface area contributed by atoms with Crippen LogP contribution in [0.15, 0.2) is 61.2 Å². The Morgan fingerprint density at radius 2 is 1.94 bits per heavy atom. The molecule has 3 N–H and O–H groups in total. The van der Waals surface area contributed by atoms with Gasteiger partial charge in [-0.25, -0.2) is 14.8 Å². The lowest BCUT2D eigenvalue weighted by Crippen LogP contribution is -2.10. The molecule has 8 nitrogen and oxygen atoms in total. The van der Waals surface area contributed by atoms with Gasteiger partial charge in [-0.15, -0.1) is 0 Å². The number of nitrogens with two attached hydrogens (primary N) is 1. The van der Waals surface area contributed by atoms with Gasteiger partial charge in [0.1, 0.15) is 18.7 Å². The van der Waals surface area contributed by atoms with Crippen LogP contribution in [0.3, 0.4) is 0 Å². The van der Waals surface area contributed by atoms with Gasteiger partial charge in [0.15, 0.2) is 5.69 Å². The van der Waals surface area contributed by atoms with E-state index in [-0.39, 0.29) is 5.69 Å². The number of rotatable bonds is 6. The standard InChI is InChI=1S/C24H21N5O3/c25-18-3-1-2-15(8-18)12-29-23-20-7-5-19(32-13-16-10-26-14-27-11-16)9-17(20)4-6-21(23)22(28-29)24(30)31/h1-3,5,7-11,14H,4,6,12-13,25H2,(H,30,31). The van der Waals surface area contributed by atoms with Crippen molar-refractivity contribution in [1.82, 2.24) is 19.7 Å². The van der Waals surface area contributed by atoms with Crippen LogP contribution in [0.2, 0.25) is 0 Å². The van der Waals surface area contributed by atoms with Gasteiger partial charge < -0.3 is 15.6 Å². The first-order chi connectivity index (χ1) is 15.6. The van der Waals surface area contributed by atoms with Gasteiger partial charge in [0, 0.05) is 34.8 Å². The maximum Gasteiger partial charge on any atom is 0.356 e. The number of carboxylic acids is 1. The van der Waals surface area contributed by atoms with Crippen molar-refractivity contribution in [1.29, 1.82) is 0 Å². The molecule has 160 valence electrons. The van der Waals surface area contributed by atoms with Crippen LogP contribution in [-0.4, -0.2) is 30.8 Å². The Kier molecular flexibility index (Phi) is 5.03. The minimum Gasteiger partial charge on any atom is -0.489 e. The number of ether oxygens (including phenoxy) is 1. The summed E-state index contributed by atoms with van der Waals surface area (Å²) in [6.45, 7) is 0.813. The molecule has 32 heavy (non-hydrogen) atoms. The summed E-state index contributed by atoms with van der Waals surface area (Å²) < 4.78 is 7.69. The lowest BCUT2D eigenvalue weighted by Gasteiger charge is -2.20. The average molecular weight is 427 g/mol. The Morgan fingerprint density at radius 1 is 1.09 bits per heavy atom. The van der Waals surface area contributed by atoms with Crippen LogP contribution in [-0.2, 0) is 26.0 Å². The number of benzene rings is 2. The van der Waals surface area contributed by atoms with Crippen molar-refractivity contribution in [2.24, 2.45) is 0 Å². The van der Waals surface area contributed by atoms with E-state index in [9.17, 15) is 9.90 Å². The number of carbonyl (C=O) groups is 1. The second-order valence-electron chi connectivity index (χ2n) is 7.74. The fourth-order valence-electron chi connectivity index (χ4n) is 4.12. The number of nitrogen functional groups attached to an aromatic ring is 1. The molecule has 0 spiro atoms. The lowest BCUT2D eigenvalue weighted by molar-refractivity contribution is 0.0688. The summed E-state index contributed by atoms with van der Waals surface area (Å²) in [5, 5.41) is 14.2. The number of carboxylic acid groups (broad SMARTS) is 1. The van der Waals surface area contributed by atoms with Crippen molar-refractivity contribution in [3.05, 3.63) is 89.1 Å². The molecule has 2 aromatic heterocycles. The normalized spacial score (nSPS) is 12.1. The smallest absolute Gasteiger partial charge is 0.356 e. The first-order valence-electron chi connectivity index (χ1n) is 10.3. The van der Waals surface area contributed by atoms with Gasteiger partial charge in [0.2, 0.25) is 0 Å². The highest BCUT2D eigenvalue weighted by Gasteiger charge is 2.28. The van der Waals surface area contributed by atoms with Crippen LogP contribution < -0.4 is 10.5 Å². The van der Waals surface area contributed by atoms with Crippen LogP contribution in [0, 0.1) is 0 Å². The number of anilines is 1. The van der Waals surface area contributed by atoms with E-state index in [0.717, 1.165) is 45.7 Å². The molecule has 2 heterocycles. The Morgan fingerprint density at radius 3 is 2.72 bits per heavy atom. The Hall–Kier alpha value is -4.20. The SMILES string of the molecule is Nc1cccc(Cn2nc(C(=O)O)c3c2-c2ccc(OCc4cncnc4)cc2CC3)c1. The molecule has 1 aliphatic carbocycles. The number of hydrogen-bond donors (Lipinski definition) is 2. The summed E-state index contributed by atoms with van der Waals surface area (Å²) in [6, 6.07) is 13.4. The van der Waals surface area contributed by atoms with E-state index in [0.29, 0.717) is 25.3 Å². The van der Waals surface area contributed by atoms with E-state index in [4.69, 9.17) is 10.5 Å². The van der Waals surface area contributed by atoms with Gasteiger partial charge in [0.25, 0.3) is 0 Å². The molecule has 0 fully saturated rings. The highest BCUT2D eigenvalue weighted by molar-refractivity contribution is 5.90. The molecule has 5 rings (SSSR count). The minimum atomic E-state index is -1.01. The van der Waals surface area contributed by atoms with Crippen molar-refractivity contribution in [3.8, 4) is 17.0 Å². The molecular formula is C24H21N5O3. The highest BCUT2D eigenvalue weighted by Crippen LogP contribution is 2.37. The molecule has 0 bridgehead atoms. The second kappa shape index (κ2) is 8.14. The molecule has 2 aromatic carbocycles. The topological polar surface area (TPSA) is 116 Å². The third-order valence-corrected chi connectivity index (χ3v) is 5.53. The minimum absolute atomic E-state index is 0.110. The Bertz CT molecular complexity index is 1300. The van der Waals surface area contributed by atoms with Crippen LogP contribution in [0.4, 0.5) is 5.69 Å². The summed E-state index contributed by atoms with van der Waals surface area (Å²) in [5.41, 5.74) is 12.2. The second-order valence-corrected chi connectivity index (χ2v) is 7.74. The first-order valence-corrected chi connectivity index (χ1v) is 10.3. The zero-order valence-corrected chi connectivity index (χ0v) is 17.2. The highest BCUT2D eigenvalue weighted by atomic mass is 16.5. The van der Waals surface area contributed by atoms with E-state index < -0.39 is 5.97 Å². The fraction of sp³-hybridized carbons (Fsp3) is 0.167. The fourth-order valence-corrected chi connectivity index (χ4v) is 4.12. The summed E-state index contributed by atoms with van der Waals surface area (Å²) in [5.74, 6) is -0.266. The summed E-state index contributed by atoms with van der Waals surface area (Å²) in [7, 11) is 0. The number of fused-ring (bicyclic) bond motifs is 3. The average Bonchev–Trinajstić information content (AvgIpc) is 3.17. The zero-order valence-electron chi connectivity index (χ0n) is 17.2. The zero-order chi connectivity index (χ0) is 22.1. The van der Waals surface area contributed by atoms with Gasteiger partial charge in [-0.2, -0.15) is 5.10 Å². The molecule has 0 saturated carbocycles. The van der Waals surface area contributed by atoms with Crippen LogP contribution in [0.5, 0.6) is 5.75 Å². The molecule has 0 saturated heterocycles. The van der Waals surface area contributed by atoms with Crippen molar-refractivity contribution >= 4 is 11.7 Å². The first kappa shape index (κ1) is 19.7. The van der Waals surface area contributed by atoms with Crippen molar-refractivity contribution in [2.75, 3.05) is 5.73 Å². The van der Waals surface area contributed by atoms with Crippen molar-refractivity contribution < 1.29 is 14.6 Å². The molecular weight excluding hydrogens is 406 g/mol. The van der Waals surface area contributed by atoms with E-state index >= 15 is 0 Å². The predicted molar refractivity (Wildman–Crippen MR) is 118 cm³/mol. The number of aromatic carboxylic acids is 1. The van der Waals surface area contributed by atoms with E-state index in [1.807, 2.05) is 42.5 Å². The molecule has 8 heteroatoms. The Balaban J connectivity index is 1.49. The molecule has 0 amide bonds. The van der Waals surface area contributed by atoms with E-state index in [1.165, 1.54) is 6.33 Å². The van der Waals surface area contributed by atoms with E-state index in [1.54, 1.807) is 17.1 Å². The van der Waals surface area contributed by atoms with Crippen molar-refractivity contribution in [2.45, 2.75) is 26.0 Å². The lowest BCUT2D eigenvalue weighted by atomic mass is 9.88. The summed E-state index contributed by atoms with van der Waals surface area (Å²) in [4.78, 5) is 19.9. The van der Waals surface area contributed by atoms with Gasteiger partial charge in [0.05, 0.1) is 12.2 Å². The molecule has 0 atom stereocenters. The summed E-state index contributed by atoms with van der Waals surface area (Å²) in [6.07, 6.45) is 6.26. The van der Waals surface area contributed by atoms with Gasteiger partial charge in [-0.05, 0) is 54.3 Å². The quantitative estimate of drug-likeness (QED) is 0.453. The van der Waals surface area contributed by atoms with E-state index in [2.05, 4.69) is 15.1 Å². The summed E-state index contributed by atoms with van der Waals surface area (Å²) >= 11 is 0. The maximum atomic E-state index is 11.9. The maximum absolute atomic E-state index is 11.9. The number of hydrogen-bond acceptors (Lipinski definition) is 6. The van der Waals surface area contributed by atoms with Crippen molar-refractivity contribution in [3.63, 3.8) is 0 Å². The molecule has 0 radical (unpaired) electrons. The third-order valence-electron chi connectivity index (χ3n) is 5.53. The predicted octanol–water partition coefficient (Wildman–Crippen LogP) is 3.35. The van der Waals surface area contributed by atoms with Gasteiger partial charge >= 0.3 is 5.97 Å². The number of aryl methyl sites for hydroxylation is 1. The van der Waals surface area contributed by atoms with Gasteiger partial charge in [-0.1, -0.05) is 12.1 Å². The molecule has 0 aliphatic heterocycles.